The number of halogens is 1. The SMILES string of the molecule is Cc1ccc(C(=O)NN/C=C/c2cccc(Br)c2)cc1. The number of hydrogen-bond acceptors (Lipinski definition) is 2. The van der Waals surface area contributed by atoms with E-state index in [1.165, 1.54) is 0 Å². The van der Waals surface area contributed by atoms with Crippen molar-refractivity contribution in [3.8, 4) is 0 Å². The number of hydrazine groups is 1. The van der Waals surface area contributed by atoms with Gasteiger partial charge in [0, 0.05) is 16.2 Å². The van der Waals surface area contributed by atoms with Gasteiger partial charge in [-0.25, -0.2) is 0 Å². The molecule has 0 aliphatic rings. The summed E-state index contributed by atoms with van der Waals surface area (Å²) in [4.78, 5) is 11.8. The van der Waals surface area contributed by atoms with Gasteiger partial charge in [-0.1, -0.05) is 45.8 Å². The minimum Gasteiger partial charge on any atom is -0.306 e. The van der Waals surface area contributed by atoms with Gasteiger partial charge < -0.3 is 5.43 Å². The maximum absolute atomic E-state index is 11.8. The highest BCUT2D eigenvalue weighted by atomic mass is 79.9. The Labute approximate surface area is 126 Å². The maximum atomic E-state index is 11.8. The van der Waals surface area contributed by atoms with Gasteiger partial charge in [-0.05, 0) is 42.8 Å². The summed E-state index contributed by atoms with van der Waals surface area (Å²) in [5, 5.41) is 0. The molecule has 0 unspecified atom stereocenters. The molecule has 0 heterocycles. The molecule has 0 aliphatic carbocycles. The van der Waals surface area contributed by atoms with Crippen LogP contribution < -0.4 is 10.9 Å². The summed E-state index contributed by atoms with van der Waals surface area (Å²) in [6, 6.07) is 15.3. The second kappa shape index (κ2) is 6.91. The van der Waals surface area contributed by atoms with Crippen LogP contribution in [0.5, 0.6) is 0 Å². The first kappa shape index (κ1) is 14.3. The standard InChI is InChI=1S/C16H15BrN2O/c1-12-5-7-14(8-6-12)16(20)19-18-10-9-13-3-2-4-15(17)11-13/h2-11,18H,1H3,(H,19,20)/b10-9+. The second-order valence-electron chi connectivity index (χ2n) is 4.35. The molecule has 102 valence electrons. The van der Waals surface area contributed by atoms with Crippen LogP contribution in [0, 0.1) is 6.92 Å². The molecule has 1 amide bonds. The Morgan fingerprint density at radius 2 is 1.90 bits per heavy atom. The molecule has 0 aromatic heterocycles. The second-order valence-corrected chi connectivity index (χ2v) is 5.27. The third-order valence-electron chi connectivity index (χ3n) is 2.71. The summed E-state index contributed by atoms with van der Waals surface area (Å²) in [6.45, 7) is 1.99. The average Bonchev–Trinajstić information content (AvgIpc) is 2.44. The van der Waals surface area contributed by atoms with Gasteiger partial charge >= 0.3 is 0 Å². The molecule has 4 heteroatoms. The monoisotopic (exact) mass is 330 g/mol. The van der Waals surface area contributed by atoms with E-state index in [0.717, 1.165) is 15.6 Å². The quantitative estimate of drug-likeness (QED) is 0.840. The molecule has 0 fully saturated rings. The first-order valence-corrected chi connectivity index (χ1v) is 6.99. The lowest BCUT2D eigenvalue weighted by molar-refractivity contribution is 0.0941. The van der Waals surface area contributed by atoms with Crippen LogP contribution in [0.1, 0.15) is 21.5 Å². The highest BCUT2D eigenvalue weighted by Gasteiger charge is 2.02. The Morgan fingerprint density at radius 3 is 2.60 bits per heavy atom. The Morgan fingerprint density at radius 1 is 1.15 bits per heavy atom. The molecule has 0 spiro atoms. The molecular formula is C16H15BrN2O. The number of nitrogens with one attached hydrogen (secondary N) is 2. The first-order chi connectivity index (χ1) is 9.65. The maximum Gasteiger partial charge on any atom is 0.269 e. The molecule has 0 radical (unpaired) electrons. The van der Waals surface area contributed by atoms with Gasteiger partial charge in [0.15, 0.2) is 0 Å². The largest absolute Gasteiger partial charge is 0.306 e. The highest BCUT2D eigenvalue weighted by Crippen LogP contribution is 2.12. The van der Waals surface area contributed by atoms with Gasteiger partial charge in [0.25, 0.3) is 5.91 Å². The summed E-state index contributed by atoms with van der Waals surface area (Å²) in [6.07, 6.45) is 3.56. The Bertz CT molecular complexity index is 621. The van der Waals surface area contributed by atoms with Crippen LogP contribution >= 0.6 is 15.9 Å². The fraction of sp³-hybridized carbons (Fsp3) is 0.0625. The van der Waals surface area contributed by atoms with Crippen LogP contribution in [-0.2, 0) is 0 Å². The summed E-state index contributed by atoms with van der Waals surface area (Å²) >= 11 is 3.41. The van der Waals surface area contributed by atoms with E-state index in [2.05, 4.69) is 26.8 Å². The van der Waals surface area contributed by atoms with Crippen molar-refractivity contribution >= 4 is 27.9 Å². The zero-order valence-corrected chi connectivity index (χ0v) is 12.6. The highest BCUT2D eigenvalue weighted by molar-refractivity contribution is 9.10. The molecule has 0 aliphatic heterocycles. The Hall–Kier alpha value is -2.07. The average molecular weight is 331 g/mol. The van der Waals surface area contributed by atoms with E-state index in [1.807, 2.05) is 49.4 Å². The van der Waals surface area contributed by atoms with Gasteiger partial charge in [-0.2, -0.15) is 0 Å². The van der Waals surface area contributed by atoms with Gasteiger partial charge in [0.1, 0.15) is 0 Å². The molecule has 0 bridgehead atoms. The van der Waals surface area contributed by atoms with Gasteiger partial charge in [-0.15, -0.1) is 0 Å². The van der Waals surface area contributed by atoms with Gasteiger partial charge in [0.05, 0.1) is 0 Å². The van der Waals surface area contributed by atoms with Crippen molar-refractivity contribution in [3.63, 3.8) is 0 Å². The molecule has 0 atom stereocenters. The van der Waals surface area contributed by atoms with Crippen molar-refractivity contribution in [3.05, 3.63) is 75.9 Å². The molecule has 20 heavy (non-hydrogen) atoms. The fourth-order valence-electron chi connectivity index (χ4n) is 1.63. The summed E-state index contributed by atoms with van der Waals surface area (Å²) in [5.41, 5.74) is 8.18. The number of aryl methyl sites for hydroxylation is 1. The van der Waals surface area contributed by atoms with Crippen LogP contribution in [0.25, 0.3) is 6.08 Å². The number of hydrogen-bond donors (Lipinski definition) is 2. The minimum absolute atomic E-state index is 0.163. The van der Waals surface area contributed by atoms with E-state index in [4.69, 9.17) is 0 Å². The predicted octanol–water partition coefficient (Wildman–Crippen LogP) is 3.66. The molecule has 2 aromatic rings. The van der Waals surface area contributed by atoms with Crippen molar-refractivity contribution in [2.75, 3.05) is 0 Å². The van der Waals surface area contributed by atoms with E-state index < -0.39 is 0 Å². The normalized spacial score (nSPS) is 10.5. The van der Waals surface area contributed by atoms with Crippen molar-refractivity contribution in [1.29, 1.82) is 0 Å². The molecule has 2 N–H and O–H groups in total. The van der Waals surface area contributed by atoms with E-state index in [9.17, 15) is 4.79 Å². The number of rotatable bonds is 4. The smallest absolute Gasteiger partial charge is 0.269 e. The molecule has 2 rings (SSSR count). The minimum atomic E-state index is -0.163. The Kier molecular flexibility index (Phi) is 4.96. The molecule has 3 nitrogen and oxygen atoms in total. The third-order valence-corrected chi connectivity index (χ3v) is 3.20. The predicted molar refractivity (Wildman–Crippen MR) is 85.0 cm³/mol. The van der Waals surface area contributed by atoms with Crippen molar-refractivity contribution in [2.24, 2.45) is 0 Å². The van der Waals surface area contributed by atoms with Gasteiger partial charge in [-0.3, -0.25) is 10.2 Å². The molecular weight excluding hydrogens is 316 g/mol. The lowest BCUT2D eigenvalue weighted by Gasteiger charge is -2.04. The number of carbonyl (C=O) groups excluding carboxylic acids is 1. The molecule has 0 saturated heterocycles. The van der Waals surface area contributed by atoms with Crippen LogP contribution in [0.15, 0.2) is 59.2 Å². The summed E-state index contributed by atoms with van der Waals surface area (Å²) in [7, 11) is 0. The van der Waals surface area contributed by atoms with E-state index in [0.29, 0.717) is 5.56 Å². The van der Waals surface area contributed by atoms with Crippen molar-refractivity contribution < 1.29 is 4.79 Å². The lowest BCUT2D eigenvalue weighted by Crippen LogP contribution is -2.33. The number of carbonyl (C=O) groups is 1. The van der Waals surface area contributed by atoms with Crippen LogP contribution in [0.2, 0.25) is 0 Å². The topological polar surface area (TPSA) is 41.1 Å². The molecule has 0 saturated carbocycles. The van der Waals surface area contributed by atoms with Crippen molar-refractivity contribution in [2.45, 2.75) is 6.92 Å². The van der Waals surface area contributed by atoms with Gasteiger partial charge in [0.2, 0.25) is 0 Å². The van der Waals surface area contributed by atoms with Crippen molar-refractivity contribution in [1.82, 2.24) is 10.9 Å². The number of benzene rings is 2. The summed E-state index contributed by atoms with van der Waals surface area (Å²) in [5.74, 6) is -0.163. The van der Waals surface area contributed by atoms with E-state index in [-0.39, 0.29) is 5.91 Å². The zero-order chi connectivity index (χ0) is 14.4. The molecule has 2 aromatic carbocycles. The first-order valence-electron chi connectivity index (χ1n) is 6.20. The van der Waals surface area contributed by atoms with E-state index in [1.54, 1.807) is 18.3 Å². The zero-order valence-electron chi connectivity index (χ0n) is 11.1. The fourth-order valence-corrected chi connectivity index (χ4v) is 2.05. The Balaban J connectivity index is 1.86. The van der Waals surface area contributed by atoms with E-state index >= 15 is 0 Å². The van der Waals surface area contributed by atoms with Crippen LogP contribution in [0.3, 0.4) is 0 Å². The van der Waals surface area contributed by atoms with Crippen LogP contribution in [0.4, 0.5) is 0 Å². The lowest BCUT2D eigenvalue weighted by atomic mass is 10.1. The number of amides is 1. The summed E-state index contributed by atoms with van der Waals surface area (Å²) < 4.78 is 1.02. The third kappa shape index (κ3) is 4.24. The van der Waals surface area contributed by atoms with Crippen LogP contribution in [-0.4, -0.2) is 5.91 Å².